The fourth-order valence-electron chi connectivity index (χ4n) is 2.27. The van der Waals surface area contributed by atoms with Gasteiger partial charge in [0.2, 0.25) is 5.91 Å². The maximum Gasteiger partial charge on any atom is 0.275 e. The van der Waals surface area contributed by atoms with E-state index in [0.29, 0.717) is 10.9 Å². The average molecular weight is 311 g/mol. The molecule has 0 spiro atoms. The number of benzene rings is 2. The molecule has 0 saturated carbocycles. The number of aromatic nitrogens is 2. The van der Waals surface area contributed by atoms with Crippen molar-refractivity contribution in [3.05, 3.63) is 76.5 Å². The fourth-order valence-corrected chi connectivity index (χ4v) is 2.27. The van der Waals surface area contributed by atoms with Crippen LogP contribution in [0.3, 0.4) is 0 Å². The number of amides is 1. The second-order valence-corrected chi connectivity index (χ2v) is 5.06. The molecule has 5 nitrogen and oxygen atoms in total. The first-order valence-corrected chi connectivity index (χ1v) is 7.10. The number of nitrogens with one attached hydrogen (secondary N) is 1. The van der Waals surface area contributed by atoms with E-state index < -0.39 is 5.91 Å². The van der Waals surface area contributed by atoms with Gasteiger partial charge in [-0.05, 0) is 12.1 Å². The Balaban J connectivity index is 1.72. The molecule has 0 atom stereocenters. The number of nitrogens with zero attached hydrogens (tertiary/aromatic N) is 2. The maximum atomic E-state index is 13.5. The van der Waals surface area contributed by atoms with E-state index >= 15 is 0 Å². The largest absolute Gasteiger partial charge is 0.350 e. The lowest BCUT2D eigenvalue weighted by atomic mass is 10.2. The zero-order valence-electron chi connectivity index (χ0n) is 12.2. The molecule has 0 unspecified atom stereocenters. The molecule has 0 aliphatic carbocycles. The Kier molecular flexibility index (Phi) is 4.14. The van der Waals surface area contributed by atoms with E-state index in [9.17, 15) is 14.0 Å². The van der Waals surface area contributed by atoms with E-state index in [1.807, 2.05) is 6.07 Å². The molecule has 0 fully saturated rings. The van der Waals surface area contributed by atoms with Crippen LogP contribution >= 0.6 is 0 Å². The summed E-state index contributed by atoms with van der Waals surface area (Å²) < 4.78 is 14.6. The van der Waals surface area contributed by atoms with Crippen LogP contribution in [-0.2, 0) is 17.9 Å². The van der Waals surface area contributed by atoms with Gasteiger partial charge >= 0.3 is 0 Å². The van der Waals surface area contributed by atoms with Gasteiger partial charge in [-0.25, -0.2) is 9.07 Å². The van der Waals surface area contributed by atoms with Crippen molar-refractivity contribution < 1.29 is 9.18 Å². The SMILES string of the molecule is O=C(Cn1ncc2ccccc2c1=O)NCc1ccccc1F. The Labute approximate surface area is 131 Å². The molecule has 23 heavy (non-hydrogen) atoms. The van der Waals surface area contributed by atoms with Crippen LogP contribution in [0.5, 0.6) is 0 Å². The highest BCUT2D eigenvalue weighted by Gasteiger charge is 2.09. The lowest BCUT2D eigenvalue weighted by Gasteiger charge is -2.08. The van der Waals surface area contributed by atoms with Crippen LogP contribution in [0.15, 0.2) is 59.5 Å². The van der Waals surface area contributed by atoms with Gasteiger partial charge in [0, 0.05) is 17.5 Å². The standard InChI is InChI=1S/C17H14FN3O2/c18-15-8-4-2-6-13(15)9-19-16(22)11-21-17(23)14-7-3-1-5-12(14)10-20-21/h1-8,10H,9,11H2,(H,19,22). The highest BCUT2D eigenvalue weighted by molar-refractivity contribution is 5.81. The van der Waals surface area contributed by atoms with Crippen molar-refractivity contribution in [3.63, 3.8) is 0 Å². The molecule has 116 valence electrons. The third-order valence-electron chi connectivity index (χ3n) is 3.49. The molecule has 1 heterocycles. The van der Waals surface area contributed by atoms with Gasteiger partial charge in [0.25, 0.3) is 5.56 Å². The molecule has 1 amide bonds. The summed E-state index contributed by atoms with van der Waals surface area (Å²) in [5, 5.41) is 7.80. The first kappa shape index (κ1) is 14.9. The van der Waals surface area contributed by atoms with Crippen LogP contribution in [-0.4, -0.2) is 15.7 Å². The Morgan fingerprint density at radius 3 is 2.70 bits per heavy atom. The van der Waals surface area contributed by atoms with Crippen molar-refractivity contribution in [2.75, 3.05) is 0 Å². The maximum absolute atomic E-state index is 13.5. The summed E-state index contributed by atoms with van der Waals surface area (Å²) in [6.45, 7) is -0.147. The van der Waals surface area contributed by atoms with Gasteiger partial charge < -0.3 is 5.32 Å². The van der Waals surface area contributed by atoms with Gasteiger partial charge in [-0.3, -0.25) is 9.59 Å². The van der Waals surface area contributed by atoms with E-state index in [2.05, 4.69) is 10.4 Å². The van der Waals surface area contributed by atoms with Crippen molar-refractivity contribution in [2.24, 2.45) is 0 Å². The van der Waals surface area contributed by atoms with Crippen LogP contribution in [0.4, 0.5) is 4.39 Å². The van der Waals surface area contributed by atoms with E-state index in [1.54, 1.807) is 42.6 Å². The van der Waals surface area contributed by atoms with E-state index in [1.165, 1.54) is 6.07 Å². The van der Waals surface area contributed by atoms with Crippen molar-refractivity contribution in [3.8, 4) is 0 Å². The second kappa shape index (κ2) is 6.39. The monoisotopic (exact) mass is 311 g/mol. The third-order valence-corrected chi connectivity index (χ3v) is 3.49. The topological polar surface area (TPSA) is 64.0 Å². The molecular weight excluding hydrogens is 297 g/mol. The zero-order chi connectivity index (χ0) is 16.2. The van der Waals surface area contributed by atoms with Crippen molar-refractivity contribution in [1.82, 2.24) is 15.1 Å². The number of carbonyl (C=O) groups excluding carboxylic acids is 1. The molecule has 1 N–H and O–H groups in total. The molecule has 3 aromatic rings. The molecule has 1 aromatic heterocycles. The van der Waals surface area contributed by atoms with Gasteiger partial charge in [0.1, 0.15) is 12.4 Å². The normalized spacial score (nSPS) is 10.7. The summed E-state index contributed by atoms with van der Waals surface area (Å²) in [6.07, 6.45) is 1.54. The van der Waals surface area contributed by atoms with Crippen LogP contribution in [0.1, 0.15) is 5.56 Å². The minimum Gasteiger partial charge on any atom is -0.350 e. The van der Waals surface area contributed by atoms with Crippen molar-refractivity contribution in [2.45, 2.75) is 13.1 Å². The fraction of sp³-hybridized carbons (Fsp3) is 0.118. The molecule has 2 aromatic carbocycles. The van der Waals surface area contributed by atoms with Crippen LogP contribution in [0, 0.1) is 5.82 Å². The molecule has 3 rings (SSSR count). The second-order valence-electron chi connectivity index (χ2n) is 5.06. The van der Waals surface area contributed by atoms with E-state index in [-0.39, 0.29) is 24.5 Å². The van der Waals surface area contributed by atoms with Crippen molar-refractivity contribution >= 4 is 16.7 Å². The predicted octanol–water partition coefficient (Wildman–Crippen LogP) is 1.85. The number of hydrogen-bond acceptors (Lipinski definition) is 3. The highest BCUT2D eigenvalue weighted by Crippen LogP contribution is 2.07. The van der Waals surface area contributed by atoms with Gasteiger partial charge in [0.05, 0.1) is 11.6 Å². The molecule has 0 saturated heterocycles. The molecule has 0 bridgehead atoms. The smallest absolute Gasteiger partial charge is 0.275 e. The molecular formula is C17H14FN3O2. The van der Waals surface area contributed by atoms with Gasteiger partial charge in [0.15, 0.2) is 0 Å². The summed E-state index contributed by atoms with van der Waals surface area (Å²) in [7, 11) is 0. The zero-order valence-corrected chi connectivity index (χ0v) is 12.2. The van der Waals surface area contributed by atoms with Crippen LogP contribution in [0.2, 0.25) is 0 Å². The van der Waals surface area contributed by atoms with Crippen LogP contribution < -0.4 is 10.9 Å². The Bertz CT molecular complexity index is 921. The number of rotatable bonds is 4. The summed E-state index contributed by atoms with van der Waals surface area (Å²) in [5.41, 5.74) is 0.0591. The predicted molar refractivity (Wildman–Crippen MR) is 84.2 cm³/mol. The van der Waals surface area contributed by atoms with E-state index in [4.69, 9.17) is 0 Å². The Hall–Kier alpha value is -3.02. The molecule has 0 radical (unpaired) electrons. The molecule has 6 heteroatoms. The first-order valence-electron chi connectivity index (χ1n) is 7.10. The minimum atomic E-state index is -0.405. The van der Waals surface area contributed by atoms with Gasteiger partial charge in [-0.2, -0.15) is 5.10 Å². The number of halogens is 1. The van der Waals surface area contributed by atoms with Crippen LogP contribution in [0.25, 0.3) is 10.8 Å². The van der Waals surface area contributed by atoms with Crippen molar-refractivity contribution in [1.29, 1.82) is 0 Å². The molecule has 0 aliphatic heterocycles. The first-order chi connectivity index (χ1) is 11.1. The summed E-state index contributed by atoms with van der Waals surface area (Å²) in [4.78, 5) is 24.2. The number of carbonyl (C=O) groups is 1. The average Bonchev–Trinajstić information content (AvgIpc) is 2.57. The number of fused-ring (bicyclic) bond motifs is 1. The van der Waals surface area contributed by atoms with E-state index in [0.717, 1.165) is 10.1 Å². The lowest BCUT2D eigenvalue weighted by molar-refractivity contribution is -0.122. The van der Waals surface area contributed by atoms with Gasteiger partial charge in [-0.1, -0.05) is 36.4 Å². The minimum absolute atomic E-state index is 0.0633. The van der Waals surface area contributed by atoms with Gasteiger partial charge in [-0.15, -0.1) is 0 Å². The quantitative estimate of drug-likeness (QED) is 0.800. The lowest BCUT2D eigenvalue weighted by Crippen LogP contribution is -2.33. The Morgan fingerprint density at radius 2 is 1.87 bits per heavy atom. The summed E-state index contributed by atoms with van der Waals surface area (Å²) >= 11 is 0. The number of hydrogen-bond donors (Lipinski definition) is 1. The summed E-state index contributed by atoms with van der Waals surface area (Å²) in [5.74, 6) is -0.785. The Morgan fingerprint density at radius 1 is 1.13 bits per heavy atom. The summed E-state index contributed by atoms with van der Waals surface area (Å²) in [6, 6.07) is 13.2. The highest BCUT2D eigenvalue weighted by atomic mass is 19.1. The molecule has 0 aliphatic rings. The third kappa shape index (κ3) is 3.26.